The Morgan fingerprint density at radius 3 is 2.58 bits per heavy atom. The smallest absolute Gasteiger partial charge is 0.240 e. The topological polar surface area (TPSA) is 105 Å². The second kappa shape index (κ2) is 10.2. The van der Waals surface area contributed by atoms with Crippen LogP contribution in [0.4, 0.5) is 0 Å². The molecule has 2 N–H and O–H groups in total. The number of carbonyl (C=O) groups is 1. The summed E-state index contributed by atoms with van der Waals surface area (Å²) in [5.74, 6) is 0.580. The van der Waals surface area contributed by atoms with E-state index in [-0.39, 0.29) is 29.9 Å². The van der Waals surface area contributed by atoms with Crippen LogP contribution in [0.1, 0.15) is 30.4 Å². The van der Waals surface area contributed by atoms with Gasteiger partial charge in [-0.25, -0.2) is 13.1 Å². The number of nitrogens with zero attached hydrogens (tertiary/aromatic N) is 1. The minimum atomic E-state index is -3.79. The summed E-state index contributed by atoms with van der Waals surface area (Å²) in [7, 11) is -2.27. The van der Waals surface area contributed by atoms with Crippen LogP contribution in [-0.4, -0.2) is 62.8 Å². The molecule has 0 bridgehead atoms. The van der Waals surface area contributed by atoms with E-state index >= 15 is 0 Å². The van der Waals surface area contributed by atoms with Gasteiger partial charge in [0, 0.05) is 13.1 Å². The molecule has 2 aromatic carbocycles. The molecule has 2 heterocycles. The SMILES string of the molecule is COc1ccc(S(=O)(=O)N[C@H]2CC[C@H](CC(=O)N3CCc4ccccc4C3)O[C@H]2CO)cc1. The predicted octanol–water partition coefficient (Wildman–Crippen LogP) is 1.86. The Kier molecular flexibility index (Phi) is 7.33. The lowest BCUT2D eigenvalue weighted by atomic mass is 9.96. The number of rotatable bonds is 7. The van der Waals surface area contributed by atoms with Gasteiger partial charge in [0.05, 0.1) is 43.3 Å². The van der Waals surface area contributed by atoms with Crippen LogP contribution in [0, 0.1) is 0 Å². The summed E-state index contributed by atoms with van der Waals surface area (Å²) in [6.45, 7) is 0.934. The number of aliphatic hydroxyl groups excluding tert-OH is 1. The molecule has 0 spiro atoms. The Hall–Kier alpha value is -2.46. The van der Waals surface area contributed by atoms with E-state index < -0.39 is 22.2 Å². The molecular weight excluding hydrogens is 444 g/mol. The monoisotopic (exact) mass is 474 g/mol. The highest BCUT2D eigenvalue weighted by atomic mass is 32.2. The number of ether oxygens (including phenoxy) is 2. The molecule has 1 amide bonds. The van der Waals surface area contributed by atoms with Gasteiger partial charge in [0.15, 0.2) is 0 Å². The van der Waals surface area contributed by atoms with Crippen molar-refractivity contribution in [2.75, 3.05) is 20.3 Å². The van der Waals surface area contributed by atoms with Gasteiger partial charge < -0.3 is 19.5 Å². The van der Waals surface area contributed by atoms with E-state index in [1.54, 1.807) is 12.1 Å². The first-order valence-electron chi connectivity index (χ1n) is 11.2. The fourth-order valence-corrected chi connectivity index (χ4v) is 5.77. The lowest BCUT2D eigenvalue weighted by molar-refractivity contribution is -0.140. The van der Waals surface area contributed by atoms with Gasteiger partial charge in [0.1, 0.15) is 5.75 Å². The first kappa shape index (κ1) is 23.7. The van der Waals surface area contributed by atoms with Crippen LogP contribution in [0.3, 0.4) is 0 Å². The van der Waals surface area contributed by atoms with E-state index in [1.807, 2.05) is 23.1 Å². The van der Waals surface area contributed by atoms with E-state index in [4.69, 9.17) is 9.47 Å². The number of sulfonamides is 1. The molecule has 0 aromatic heterocycles. The number of amides is 1. The maximum atomic E-state index is 12.9. The van der Waals surface area contributed by atoms with Gasteiger partial charge in [0.25, 0.3) is 0 Å². The normalized spacial score (nSPS) is 23.1. The van der Waals surface area contributed by atoms with Crippen molar-refractivity contribution in [1.82, 2.24) is 9.62 Å². The number of benzene rings is 2. The number of methoxy groups -OCH3 is 1. The molecule has 178 valence electrons. The third-order valence-corrected chi connectivity index (χ3v) is 7.86. The van der Waals surface area contributed by atoms with Crippen molar-refractivity contribution < 1.29 is 27.8 Å². The molecule has 4 rings (SSSR count). The maximum absolute atomic E-state index is 12.9. The summed E-state index contributed by atoms with van der Waals surface area (Å²) >= 11 is 0. The highest BCUT2D eigenvalue weighted by Crippen LogP contribution is 2.26. The second-order valence-corrected chi connectivity index (χ2v) is 10.2. The van der Waals surface area contributed by atoms with Crippen molar-refractivity contribution in [2.45, 2.75) is 55.4 Å². The number of aliphatic hydroxyl groups is 1. The van der Waals surface area contributed by atoms with Crippen molar-refractivity contribution >= 4 is 15.9 Å². The van der Waals surface area contributed by atoms with Crippen LogP contribution in [0.15, 0.2) is 53.4 Å². The highest BCUT2D eigenvalue weighted by Gasteiger charge is 2.35. The zero-order valence-electron chi connectivity index (χ0n) is 18.6. The second-order valence-electron chi connectivity index (χ2n) is 8.50. The van der Waals surface area contributed by atoms with Crippen LogP contribution in [0.25, 0.3) is 0 Å². The molecule has 0 radical (unpaired) electrons. The Balaban J connectivity index is 1.34. The highest BCUT2D eigenvalue weighted by molar-refractivity contribution is 7.89. The fraction of sp³-hybridized carbons (Fsp3) is 0.458. The molecule has 0 unspecified atom stereocenters. The average molecular weight is 475 g/mol. The largest absolute Gasteiger partial charge is 0.497 e. The summed E-state index contributed by atoms with van der Waals surface area (Å²) < 4.78 is 39.2. The summed E-state index contributed by atoms with van der Waals surface area (Å²) in [5, 5.41) is 9.84. The number of carbonyl (C=O) groups excluding carboxylic acids is 1. The number of fused-ring (bicyclic) bond motifs is 1. The lowest BCUT2D eigenvalue weighted by Gasteiger charge is -2.37. The third-order valence-electron chi connectivity index (χ3n) is 6.36. The van der Waals surface area contributed by atoms with E-state index in [1.165, 1.54) is 30.4 Å². The fourth-order valence-electron chi connectivity index (χ4n) is 4.47. The van der Waals surface area contributed by atoms with Crippen LogP contribution >= 0.6 is 0 Å². The molecule has 0 aliphatic carbocycles. The van der Waals surface area contributed by atoms with Gasteiger partial charge in [-0.05, 0) is 54.7 Å². The predicted molar refractivity (Wildman–Crippen MR) is 122 cm³/mol. The molecule has 33 heavy (non-hydrogen) atoms. The number of hydrogen-bond acceptors (Lipinski definition) is 6. The van der Waals surface area contributed by atoms with Gasteiger partial charge in [-0.3, -0.25) is 4.79 Å². The van der Waals surface area contributed by atoms with Crippen LogP contribution in [0.5, 0.6) is 5.75 Å². The molecule has 3 atom stereocenters. The third kappa shape index (κ3) is 5.55. The van der Waals surface area contributed by atoms with E-state index in [2.05, 4.69) is 10.8 Å². The minimum absolute atomic E-state index is 0.0171. The molecule has 1 saturated heterocycles. The molecule has 2 aromatic rings. The molecule has 8 nitrogen and oxygen atoms in total. The molecular formula is C24H30N2O6S. The summed E-state index contributed by atoms with van der Waals surface area (Å²) in [6.07, 6.45) is 0.989. The van der Waals surface area contributed by atoms with Gasteiger partial charge in [-0.2, -0.15) is 0 Å². The van der Waals surface area contributed by atoms with Crippen molar-refractivity contribution in [3.05, 3.63) is 59.7 Å². The van der Waals surface area contributed by atoms with Crippen molar-refractivity contribution in [2.24, 2.45) is 0 Å². The van der Waals surface area contributed by atoms with E-state index in [0.717, 1.165) is 6.42 Å². The van der Waals surface area contributed by atoms with E-state index in [0.29, 0.717) is 31.7 Å². The average Bonchev–Trinajstić information content (AvgIpc) is 2.84. The number of hydrogen-bond donors (Lipinski definition) is 2. The van der Waals surface area contributed by atoms with Crippen LogP contribution in [0.2, 0.25) is 0 Å². The molecule has 9 heteroatoms. The maximum Gasteiger partial charge on any atom is 0.240 e. The standard InChI is InChI=1S/C24H30N2O6S/c1-31-19-6-9-21(10-7-19)33(29,30)25-22-11-8-20(32-23(22)16-27)14-24(28)26-13-12-17-4-2-3-5-18(17)15-26/h2-7,9-10,20,22-23,25,27H,8,11-16H2,1H3/t20-,22+,23+/m1/s1. The summed E-state index contributed by atoms with van der Waals surface area (Å²) in [4.78, 5) is 14.8. The lowest BCUT2D eigenvalue weighted by Crippen LogP contribution is -2.51. The molecule has 0 saturated carbocycles. The summed E-state index contributed by atoms with van der Waals surface area (Å²) in [5.41, 5.74) is 2.45. The Morgan fingerprint density at radius 1 is 1.15 bits per heavy atom. The first-order valence-corrected chi connectivity index (χ1v) is 12.6. The first-order chi connectivity index (χ1) is 15.9. The molecule has 2 aliphatic heterocycles. The zero-order chi connectivity index (χ0) is 23.4. The number of nitrogens with one attached hydrogen (secondary N) is 1. The Bertz CT molecular complexity index is 1070. The van der Waals surface area contributed by atoms with Gasteiger partial charge in [-0.1, -0.05) is 24.3 Å². The quantitative estimate of drug-likeness (QED) is 0.635. The molecule has 2 aliphatic rings. The van der Waals surface area contributed by atoms with Crippen molar-refractivity contribution in [3.8, 4) is 5.75 Å². The van der Waals surface area contributed by atoms with Crippen LogP contribution < -0.4 is 9.46 Å². The van der Waals surface area contributed by atoms with Crippen molar-refractivity contribution in [1.29, 1.82) is 0 Å². The van der Waals surface area contributed by atoms with Crippen molar-refractivity contribution in [3.63, 3.8) is 0 Å². The summed E-state index contributed by atoms with van der Waals surface area (Å²) in [6, 6.07) is 13.7. The Labute approximate surface area is 194 Å². The van der Waals surface area contributed by atoms with Crippen LogP contribution in [-0.2, 0) is 32.5 Å². The van der Waals surface area contributed by atoms with Gasteiger partial charge >= 0.3 is 0 Å². The van der Waals surface area contributed by atoms with Gasteiger partial charge in [-0.15, -0.1) is 0 Å². The minimum Gasteiger partial charge on any atom is -0.497 e. The Morgan fingerprint density at radius 2 is 1.88 bits per heavy atom. The van der Waals surface area contributed by atoms with E-state index in [9.17, 15) is 18.3 Å². The zero-order valence-corrected chi connectivity index (χ0v) is 19.5. The van der Waals surface area contributed by atoms with Gasteiger partial charge in [0.2, 0.25) is 15.9 Å². The molecule has 1 fully saturated rings.